The van der Waals surface area contributed by atoms with Crippen molar-refractivity contribution in [2.24, 2.45) is 0 Å². The Kier molecular flexibility index (Phi) is 4.58. The van der Waals surface area contributed by atoms with E-state index in [4.69, 9.17) is 5.11 Å². The van der Waals surface area contributed by atoms with Crippen LogP contribution in [0.4, 0.5) is 0 Å². The molecule has 104 valence electrons. The van der Waals surface area contributed by atoms with E-state index in [9.17, 15) is 9.59 Å². The van der Waals surface area contributed by atoms with Crippen molar-refractivity contribution in [2.75, 3.05) is 6.54 Å². The summed E-state index contributed by atoms with van der Waals surface area (Å²) in [7, 11) is 0. The summed E-state index contributed by atoms with van der Waals surface area (Å²) in [5, 5.41) is 8.79. The summed E-state index contributed by atoms with van der Waals surface area (Å²) in [6.45, 7) is 2.74. The minimum Gasteiger partial charge on any atom is -0.481 e. The molecule has 2 rings (SSSR count). The maximum absolute atomic E-state index is 12.5. The molecule has 2 heterocycles. The maximum atomic E-state index is 12.5. The lowest BCUT2D eigenvalue weighted by Crippen LogP contribution is -2.43. The highest BCUT2D eigenvalue weighted by atomic mass is 32.1. The predicted molar refractivity (Wildman–Crippen MR) is 74.6 cm³/mol. The average molecular weight is 281 g/mol. The first-order chi connectivity index (χ1) is 9.08. The van der Waals surface area contributed by atoms with Gasteiger partial charge in [-0.25, -0.2) is 0 Å². The van der Waals surface area contributed by atoms with E-state index in [1.807, 2.05) is 24.0 Å². The van der Waals surface area contributed by atoms with Gasteiger partial charge in [0.1, 0.15) is 0 Å². The van der Waals surface area contributed by atoms with Crippen LogP contribution in [0.1, 0.15) is 46.7 Å². The van der Waals surface area contributed by atoms with Crippen molar-refractivity contribution in [2.45, 2.75) is 45.1 Å². The third-order valence-electron chi connectivity index (χ3n) is 3.53. The number of nitrogens with zero attached hydrogens (tertiary/aromatic N) is 1. The Labute approximate surface area is 117 Å². The van der Waals surface area contributed by atoms with Gasteiger partial charge in [-0.1, -0.05) is 0 Å². The van der Waals surface area contributed by atoms with Crippen LogP contribution in [0.5, 0.6) is 0 Å². The summed E-state index contributed by atoms with van der Waals surface area (Å²) in [4.78, 5) is 26.9. The van der Waals surface area contributed by atoms with Crippen molar-refractivity contribution in [3.63, 3.8) is 0 Å². The van der Waals surface area contributed by atoms with Crippen molar-refractivity contribution in [3.05, 3.63) is 21.9 Å². The summed E-state index contributed by atoms with van der Waals surface area (Å²) in [6.07, 6.45) is 3.71. The van der Waals surface area contributed by atoms with Crippen LogP contribution >= 0.6 is 11.3 Å². The van der Waals surface area contributed by atoms with Crippen molar-refractivity contribution in [1.29, 1.82) is 0 Å². The molecule has 1 fully saturated rings. The number of hydrogen-bond donors (Lipinski definition) is 1. The third kappa shape index (κ3) is 3.56. The van der Waals surface area contributed by atoms with Gasteiger partial charge in [-0.15, -0.1) is 11.3 Å². The van der Waals surface area contributed by atoms with E-state index in [1.54, 1.807) is 0 Å². The Hall–Kier alpha value is -1.36. The number of aryl methyl sites for hydroxylation is 1. The monoisotopic (exact) mass is 281 g/mol. The summed E-state index contributed by atoms with van der Waals surface area (Å²) < 4.78 is 0. The molecule has 5 heteroatoms. The Balaban J connectivity index is 2.06. The van der Waals surface area contributed by atoms with E-state index in [0.717, 1.165) is 35.6 Å². The van der Waals surface area contributed by atoms with Crippen LogP contribution in [0.2, 0.25) is 0 Å². The minimum absolute atomic E-state index is 0.0631. The van der Waals surface area contributed by atoms with Gasteiger partial charge in [0.15, 0.2) is 0 Å². The van der Waals surface area contributed by atoms with Crippen LogP contribution in [0.15, 0.2) is 12.1 Å². The second kappa shape index (κ2) is 6.19. The molecule has 1 unspecified atom stereocenters. The van der Waals surface area contributed by atoms with Gasteiger partial charge in [0, 0.05) is 23.9 Å². The zero-order valence-corrected chi connectivity index (χ0v) is 11.9. The minimum atomic E-state index is -0.787. The number of thiophene rings is 1. The van der Waals surface area contributed by atoms with Crippen molar-refractivity contribution < 1.29 is 14.7 Å². The second-order valence-electron chi connectivity index (χ2n) is 4.99. The van der Waals surface area contributed by atoms with E-state index in [1.165, 1.54) is 11.3 Å². The van der Waals surface area contributed by atoms with E-state index < -0.39 is 5.97 Å². The van der Waals surface area contributed by atoms with Gasteiger partial charge in [0.2, 0.25) is 0 Å². The Morgan fingerprint density at radius 2 is 2.21 bits per heavy atom. The number of hydrogen-bond acceptors (Lipinski definition) is 3. The van der Waals surface area contributed by atoms with Gasteiger partial charge < -0.3 is 10.0 Å². The van der Waals surface area contributed by atoms with Gasteiger partial charge in [-0.3, -0.25) is 9.59 Å². The number of aliphatic carboxylic acids is 1. The molecular weight excluding hydrogens is 262 g/mol. The molecule has 0 spiro atoms. The Morgan fingerprint density at radius 3 is 2.84 bits per heavy atom. The molecular formula is C14H19NO3S. The first-order valence-electron chi connectivity index (χ1n) is 6.67. The van der Waals surface area contributed by atoms with Crippen LogP contribution in [0.3, 0.4) is 0 Å². The normalized spacial score (nSPS) is 19.4. The van der Waals surface area contributed by atoms with E-state index in [0.29, 0.717) is 6.42 Å². The van der Waals surface area contributed by atoms with Crippen molar-refractivity contribution >= 4 is 23.2 Å². The lowest BCUT2D eigenvalue weighted by atomic mass is 9.97. The molecule has 1 saturated heterocycles. The molecule has 0 aromatic carbocycles. The molecule has 4 nitrogen and oxygen atoms in total. The molecule has 1 aliphatic heterocycles. The molecule has 0 aliphatic carbocycles. The molecule has 0 saturated carbocycles. The quantitative estimate of drug-likeness (QED) is 0.923. The number of amides is 1. The number of carbonyl (C=O) groups is 2. The van der Waals surface area contributed by atoms with Gasteiger partial charge in [-0.05, 0) is 44.7 Å². The van der Waals surface area contributed by atoms with E-state index in [2.05, 4.69) is 0 Å². The molecule has 0 radical (unpaired) electrons. The highest BCUT2D eigenvalue weighted by Crippen LogP contribution is 2.25. The standard InChI is InChI=1S/C14H19NO3S/c1-10-5-7-12(19-10)14(18)15-9-3-2-4-11(15)6-8-13(16)17/h5,7,11H,2-4,6,8-9H2,1H3,(H,16,17). The molecule has 1 aromatic rings. The van der Waals surface area contributed by atoms with Gasteiger partial charge in [-0.2, -0.15) is 0 Å². The van der Waals surface area contributed by atoms with Crippen LogP contribution in [0, 0.1) is 6.92 Å². The van der Waals surface area contributed by atoms with E-state index >= 15 is 0 Å². The predicted octanol–water partition coefficient (Wildman–Crippen LogP) is 2.92. The molecule has 1 N–H and O–H groups in total. The number of rotatable bonds is 4. The van der Waals surface area contributed by atoms with Gasteiger partial charge >= 0.3 is 5.97 Å². The fraction of sp³-hybridized carbons (Fsp3) is 0.571. The summed E-state index contributed by atoms with van der Waals surface area (Å²) >= 11 is 1.51. The number of likely N-dealkylation sites (tertiary alicyclic amines) is 1. The fourth-order valence-electron chi connectivity index (χ4n) is 2.55. The highest BCUT2D eigenvalue weighted by Gasteiger charge is 2.28. The molecule has 1 aromatic heterocycles. The molecule has 1 amide bonds. The van der Waals surface area contributed by atoms with Crippen molar-refractivity contribution in [1.82, 2.24) is 4.90 Å². The molecule has 1 atom stereocenters. The topological polar surface area (TPSA) is 57.6 Å². The first-order valence-corrected chi connectivity index (χ1v) is 7.49. The summed E-state index contributed by atoms with van der Waals surface area (Å²) in [5.74, 6) is -0.724. The SMILES string of the molecule is Cc1ccc(C(=O)N2CCCCC2CCC(=O)O)s1. The Morgan fingerprint density at radius 1 is 1.42 bits per heavy atom. The van der Waals surface area contributed by atoms with Crippen LogP contribution < -0.4 is 0 Å². The lowest BCUT2D eigenvalue weighted by molar-refractivity contribution is -0.137. The third-order valence-corrected chi connectivity index (χ3v) is 4.52. The van der Waals surface area contributed by atoms with Crippen molar-refractivity contribution in [3.8, 4) is 0 Å². The summed E-state index contributed by atoms with van der Waals surface area (Å²) in [6, 6.07) is 3.90. The smallest absolute Gasteiger partial charge is 0.303 e. The highest BCUT2D eigenvalue weighted by molar-refractivity contribution is 7.13. The zero-order chi connectivity index (χ0) is 13.8. The lowest BCUT2D eigenvalue weighted by Gasteiger charge is -2.35. The molecule has 1 aliphatic rings. The maximum Gasteiger partial charge on any atom is 0.303 e. The van der Waals surface area contributed by atoms with Gasteiger partial charge in [0.25, 0.3) is 5.91 Å². The zero-order valence-electron chi connectivity index (χ0n) is 11.1. The van der Waals surface area contributed by atoms with Crippen LogP contribution in [-0.2, 0) is 4.79 Å². The first kappa shape index (κ1) is 14.1. The second-order valence-corrected chi connectivity index (χ2v) is 6.28. The number of carboxylic acid groups (broad SMARTS) is 1. The molecule has 0 bridgehead atoms. The number of carboxylic acids is 1. The van der Waals surface area contributed by atoms with Crippen LogP contribution in [-0.4, -0.2) is 34.5 Å². The average Bonchev–Trinajstić information content (AvgIpc) is 2.82. The Bertz CT molecular complexity index is 469. The number of carbonyl (C=O) groups excluding carboxylic acids is 1. The summed E-state index contributed by atoms with van der Waals surface area (Å²) in [5.41, 5.74) is 0. The number of piperidine rings is 1. The fourth-order valence-corrected chi connectivity index (χ4v) is 3.37. The van der Waals surface area contributed by atoms with Gasteiger partial charge in [0.05, 0.1) is 4.88 Å². The van der Waals surface area contributed by atoms with Crippen LogP contribution in [0.25, 0.3) is 0 Å². The van der Waals surface area contributed by atoms with E-state index in [-0.39, 0.29) is 18.4 Å². The molecule has 19 heavy (non-hydrogen) atoms. The largest absolute Gasteiger partial charge is 0.481 e.